The molecule has 0 heterocycles. The van der Waals surface area contributed by atoms with Gasteiger partial charge in [0.1, 0.15) is 0 Å². The van der Waals surface area contributed by atoms with Crippen molar-refractivity contribution in [2.75, 3.05) is 13.6 Å². The molecule has 0 aliphatic heterocycles. The van der Waals surface area contributed by atoms with Crippen molar-refractivity contribution in [1.29, 1.82) is 0 Å². The molecule has 0 bridgehead atoms. The van der Waals surface area contributed by atoms with Gasteiger partial charge in [-0.05, 0) is 24.6 Å². The van der Waals surface area contributed by atoms with Gasteiger partial charge in [-0.15, -0.1) is 0 Å². The third kappa shape index (κ3) is 3.18. The molecule has 0 aliphatic rings. The lowest BCUT2D eigenvalue weighted by Gasteiger charge is -2.15. The number of benzene rings is 1. The van der Waals surface area contributed by atoms with Crippen molar-refractivity contribution in [2.45, 2.75) is 11.8 Å². The molecule has 1 aromatic carbocycles. The summed E-state index contributed by atoms with van der Waals surface area (Å²) in [4.78, 5) is 10.7. The standard InChI is InChI=1S/C10H13ClN2O3S/c1-7-3-4-8(5-9(7)11)17(15,16)13(2)6-10(12)14/h3-5H,6H2,1-2H3,(H2,12,14). The molecular formula is C10H13ClN2O3S. The van der Waals surface area contributed by atoms with Gasteiger partial charge in [0.05, 0.1) is 11.4 Å². The van der Waals surface area contributed by atoms with E-state index in [0.717, 1.165) is 9.87 Å². The van der Waals surface area contributed by atoms with E-state index >= 15 is 0 Å². The summed E-state index contributed by atoms with van der Waals surface area (Å²) in [6, 6.07) is 4.39. The van der Waals surface area contributed by atoms with Crippen LogP contribution in [-0.4, -0.2) is 32.2 Å². The molecule has 0 saturated carbocycles. The Bertz CT molecular complexity index is 542. The van der Waals surface area contributed by atoms with Crippen molar-refractivity contribution in [1.82, 2.24) is 4.31 Å². The van der Waals surface area contributed by atoms with Gasteiger partial charge < -0.3 is 5.73 Å². The van der Waals surface area contributed by atoms with Crippen molar-refractivity contribution >= 4 is 27.5 Å². The number of sulfonamides is 1. The Morgan fingerprint density at radius 3 is 2.53 bits per heavy atom. The van der Waals surface area contributed by atoms with Crippen molar-refractivity contribution in [3.63, 3.8) is 0 Å². The van der Waals surface area contributed by atoms with E-state index < -0.39 is 15.9 Å². The van der Waals surface area contributed by atoms with Gasteiger partial charge in [0.15, 0.2) is 0 Å². The van der Waals surface area contributed by atoms with E-state index in [4.69, 9.17) is 17.3 Å². The van der Waals surface area contributed by atoms with Crippen LogP contribution in [0.15, 0.2) is 23.1 Å². The van der Waals surface area contributed by atoms with E-state index in [1.807, 2.05) is 0 Å². The maximum absolute atomic E-state index is 12.0. The van der Waals surface area contributed by atoms with E-state index in [-0.39, 0.29) is 11.4 Å². The first-order valence-corrected chi connectivity index (χ1v) is 6.57. The lowest BCUT2D eigenvalue weighted by atomic mass is 10.2. The van der Waals surface area contributed by atoms with Gasteiger partial charge in [0.2, 0.25) is 15.9 Å². The SMILES string of the molecule is Cc1ccc(S(=O)(=O)N(C)CC(N)=O)cc1Cl. The van der Waals surface area contributed by atoms with Crippen molar-refractivity contribution in [2.24, 2.45) is 5.73 Å². The van der Waals surface area contributed by atoms with Crippen LogP contribution in [0.5, 0.6) is 0 Å². The Morgan fingerprint density at radius 1 is 1.47 bits per heavy atom. The minimum Gasteiger partial charge on any atom is -0.369 e. The van der Waals surface area contributed by atoms with Crippen molar-refractivity contribution in [3.8, 4) is 0 Å². The average Bonchev–Trinajstić information content (AvgIpc) is 2.20. The van der Waals surface area contributed by atoms with Crippen molar-refractivity contribution in [3.05, 3.63) is 28.8 Å². The van der Waals surface area contributed by atoms with Crippen LogP contribution in [-0.2, 0) is 14.8 Å². The van der Waals surface area contributed by atoms with Crippen LogP contribution in [0, 0.1) is 6.92 Å². The number of nitrogens with zero attached hydrogens (tertiary/aromatic N) is 1. The molecule has 0 saturated heterocycles. The molecule has 2 N–H and O–H groups in total. The summed E-state index contributed by atoms with van der Waals surface area (Å²) in [6.45, 7) is 1.40. The maximum Gasteiger partial charge on any atom is 0.243 e. The Morgan fingerprint density at radius 2 is 2.06 bits per heavy atom. The number of hydrogen-bond donors (Lipinski definition) is 1. The van der Waals surface area contributed by atoms with Gasteiger partial charge in [0.25, 0.3) is 0 Å². The first kappa shape index (κ1) is 14.0. The molecule has 0 spiro atoms. The van der Waals surface area contributed by atoms with Gasteiger partial charge in [0, 0.05) is 12.1 Å². The zero-order chi connectivity index (χ0) is 13.2. The summed E-state index contributed by atoms with van der Waals surface area (Å²) in [6.07, 6.45) is 0. The number of halogens is 1. The van der Waals surface area contributed by atoms with Crippen LogP contribution in [0.2, 0.25) is 5.02 Å². The number of carbonyl (C=O) groups excluding carboxylic acids is 1. The van der Waals surface area contributed by atoms with E-state index in [0.29, 0.717) is 5.02 Å². The second-order valence-corrected chi connectivity index (χ2v) is 6.09. The minimum atomic E-state index is -3.73. The lowest BCUT2D eigenvalue weighted by Crippen LogP contribution is -2.35. The molecule has 1 amide bonds. The Labute approximate surface area is 105 Å². The van der Waals surface area contributed by atoms with Crippen LogP contribution in [0.3, 0.4) is 0 Å². The number of carbonyl (C=O) groups is 1. The maximum atomic E-state index is 12.0. The van der Waals surface area contributed by atoms with E-state index in [1.165, 1.54) is 19.2 Å². The topological polar surface area (TPSA) is 80.5 Å². The third-order valence-electron chi connectivity index (χ3n) is 2.23. The Hall–Kier alpha value is -1.11. The molecule has 17 heavy (non-hydrogen) atoms. The first-order valence-electron chi connectivity index (χ1n) is 4.76. The molecule has 0 fully saturated rings. The smallest absolute Gasteiger partial charge is 0.243 e. The molecule has 1 rings (SSSR count). The van der Waals surface area contributed by atoms with Crippen LogP contribution in [0.4, 0.5) is 0 Å². The average molecular weight is 277 g/mol. The van der Waals surface area contributed by atoms with Gasteiger partial charge in [-0.3, -0.25) is 4.79 Å². The number of nitrogens with two attached hydrogens (primary N) is 1. The van der Waals surface area contributed by atoms with Gasteiger partial charge in [-0.2, -0.15) is 4.31 Å². The quantitative estimate of drug-likeness (QED) is 0.881. The summed E-state index contributed by atoms with van der Waals surface area (Å²) in [7, 11) is -2.44. The molecule has 94 valence electrons. The molecule has 0 aliphatic carbocycles. The zero-order valence-corrected chi connectivity index (χ0v) is 11.0. The van der Waals surface area contributed by atoms with E-state index in [2.05, 4.69) is 0 Å². The van der Waals surface area contributed by atoms with E-state index in [9.17, 15) is 13.2 Å². The normalized spacial score (nSPS) is 11.8. The number of hydrogen-bond acceptors (Lipinski definition) is 3. The fraction of sp³-hybridized carbons (Fsp3) is 0.300. The summed E-state index contributed by atoms with van der Waals surface area (Å²) in [5, 5.41) is 0.360. The highest BCUT2D eigenvalue weighted by Gasteiger charge is 2.22. The summed E-state index contributed by atoms with van der Waals surface area (Å²) in [5.74, 6) is -0.714. The fourth-order valence-corrected chi connectivity index (χ4v) is 2.63. The van der Waals surface area contributed by atoms with Gasteiger partial charge in [-0.25, -0.2) is 8.42 Å². The molecule has 1 aromatic rings. The predicted octanol–water partition coefficient (Wildman–Crippen LogP) is 0.754. The molecule has 0 aromatic heterocycles. The second-order valence-electron chi connectivity index (χ2n) is 3.64. The van der Waals surface area contributed by atoms with Crippen LogP contribution in [0.1, 0.15) is 5.56 Å². The summed E-state index contributed by atoms with van der Waals surface area (Å²) < 4.78 is 24.9. The molecule has 0 unspecified atom stereocenters. The van der Waals surface area contributed by atoms with Crippen LogP contribution < -0.4 is 5.73 Å². The van der Waals surface area contributed by atoms with Crippen molar-refractivity contribution < 1.29 is 13.2 Å². The first-order chi connectivity index (χ1) is 7.75. The second kappa shape index (κ2) is 5.03. The number of primary amides is 1. The summed E-state index contributed by atoms with van der Waals surface area (Å²) in [5.41, 5.74) is 5.73. The molecule has 0 radical (unpaired) electrons. The third-order valence-corrected chi connectivity index (χ3v) is 4.44. The summed E-state index contributed by atoms with van der Waals surface area (Å²) >= 11 is 5.86. The van der Waals surface area contributed by atoms with Crippen LogP contribution in [0.25, 0.3) is 0 Å². The van der Waals surface area contributed by atoms with Crippen LogP contribution >= 0.6 is 11.6 Å². The predicted molar refractivity (Wildman–Crippen MR) is 65.2 cm³/mol. The fourth-order valence-electron chi connectivity index (χ4n) is 1.22. The highest BCUT2D eigenvalue weighted by molar-refractivity contribution is 7.89. The Kier molecular flexibility index (Phi) is 4.13. The van der Waals surface area contributed by atoms with Gasteiger partial charge in [-0.1, -0.05) is 17.7 Å². The lowest BCUT2D eigenvalue weighted by molar-refractivity contribution is -0.118. The zero-order valence-electron chi connectivity index (χ0n) is 9.47. The minimum absolute atomic E-state index is 0.0388. The number of rotatable bonds is 4. The molecule has 5 nitrogen and oxygen atoms in total. The van der Waals surface area contributed by atoms with Gasteiger partial charge >= 0.3 is 0 Å². The Balaban J connectivity index is 3.13. The molecular weight excluding hydrogens is 264 g/mol. The number of likely N-dealkylation sites (N-methyl/N-ethyl adjacent to an activating group) is 1. The highest BCUT2D eigenvalue weighted by Crippen LogP contribution is 2.21. The molecule has 7 heteroatoms. The largest absolute Gasteiger partial charge is 0.369 e. The van der Waals surface area contributed by atoms with E-state index in [1.54, 1.807) is 13.0 Å². The highest BCUT2D eigenvalue weighted by atomic mass is 35.5. The number of amides is 1. The number of aryl methyl sites for hydroxylation is 1. The monoisotopic (exact) mass is 276 g/mol. The molecule has 0 atom stereocenters.